The highest BCUT2D eigenvalue weighted by Gasteiger charge is 2.13. The molecule has 7 nitrogen and oxygen atoms in total. The Morgan fingerprint density at radius 3 is 2.93 bits per heavy atom. The second-order valence-corrected chi connectivity index (χ2v) is 7.85. The topological polar surface area (TPSA) is 75.9 Å². The third-order valence-corrected chi connectivity index (χ3v) is 5.31. The van der Waals surface area contributed by atoms with Crippen molar-refractivity contribution in [3.8, 4) is 5.69 Å². The summed E-state index contributed by atoms with van der Waals surface area (Å²) in [6.45, 7) is 0.817. The molecule has 1 amide bonds. The predicted molar refractivity (Wildman–Crippen MR) is 111 cm³/mol. The van der Waals surface area contributed by atoms with E-state index in [0.29, 0.717) is 22.9 Å². The van der Waals surface area contributed by atoms with Gasteiger partial charge in [-0.1, -0.05) is 23.7 Å². The molecule has 0 bridgehead atoms. The molecule has 0 spiro atoms. The smallest absolute Gasteiger partial charge is 0.238 e. The molecule has 0 fully saturated rings. The summed E-state index contributed by atoms with van der Waals surface area (Å²) < 4.78 is 2.73. The minimum absolute atomic E-state index is 0.146. The second kappa shape index (κ2) is 8.05. The van der Waals surface area contributed by atoms with Gasteiger partial charge in [0, 0.05) is 5.02 Å². The van der Waals surface area contributed by atoms with Gasteiger partial charge in [0.05, 0.1) is 34.7 Å². The van der Waals surface area contributed by atoms with Gasteiger partial charge < -0.3 is 5.32 Å². The van der Waals surface area contributed by atoms with Crippen LogP contribution in [-0.2, 0) is 11.3 Å². The molecule has 28 heavy (non-hydrogen) atoms. The lowest BCUT2D eigenvalue weighted by Crippen LogP contribution is -2.30. The van der Waals surface area contributed by atoms with E-state index in [-0.39, 0.29) is 12.5 Å². The van der Waals surface area contributed by atoms with Crippen molar-refractivity contribution in [3.05, 3.63) is 65.1 Å². The average molecular weight is 413 g/mol. The van der Waals surface area contributed by atoms with E-state index in [4.69, 9.17) is 11.6 Å². The van der Waals surface area contributed by atoms with Crippen molar-refractivity contribution < 1.29 is 4.79 Å². The lowest BCUT2D eigenvalue weighted by molar-refractivity contribution is -0.117. The number of nitrogens with one attached hydrogen (secondary N) is 1. The van der Waals surface area contributed by atoms with Gasteiger partial charge in [0.1, 0.15) is 17.7 Å². The zero-order valence-electron chi connectivity index (χ0n) is 15.0. The molecule has 0 aliphatic carbocycles. The Morgan fingerprint density at radius 1 is 1.29 bits per heavy atom. The summed E-state index contributed by atoms with van der Waals surface area (Å²) in [7, 11) is 1.89. The van der Waals surface area contributed by atoms with E-state index < -0.39 is 0 Å². The fourth-order valence-corrected chi connectivity index (χ4v) is 4.07. The molecule has 9 heteroatoms. The van der Waals surface area contributed by atoms with Crippen LogP contribution in [-0.4, -0.2) is 44.1 Å². The van der Waals surface area contributed by atoms with Crippen molar-refractivity contribution in [1.29, 1.82) is 0 Å². The molecular formula is C19H17ClN6OS. The van der Waals surface area contributed by atoms with Crippen LogP contribution in [0.3, 0.4) is 0 Å². The number of nitrogens with zero attached hydrogens (tertiary/aromatic N) is 5. The maximum atomic E-state index is 12.6. The highest BCUT2D eigenvalue weighted by atomic mass is 35.5. The van der Waals surface area contributed by atoms with Crippen LogP contribution in [0.4, 0.5) is 5.69 Å². The van der Waals surface area contributed by atoms with Crippen LogP contribution in [0.2, 0.25) is 5.02 Å². The molecule has 0 atom stereocenters. The molecule has 1 N–H and O–H groups in total. The lowest BCUT2D eigenvalue weighted by atomic mass is 10.2. The van der Waals surface area contributed by atoms with Crippen molar-refractivity contribution in [3.63, 3.8) is 0 Å². The summed E-state index contributed by atoms with van der Waals surface area (Å²) in [5, 5.41) is 8.53. The molecule has 0 saturated carbocycles. The zero-order valence-corrected chi connectivity index (χ0v) is 16.6. The number of para-hydroxylation sites is 1. The number of aromatic nitrogens is 4. The Labute approximate surface area is 170 Å². The van der Waals surface area contributed by atoms with Gasteiger partial charge in [-0.2, -0.15) is 5.10 Å². The number of likely N-dealkylation sites (N-methyl/N-ethyl adjacent to an activating group) is 1. The first-order valence-electron chi connectivity index (χ1n) is 8.56. The van der Waals surface area contributed by atoms with Crippen LogP contribution in [0.25, 0.3) is 15.9 Å². The molecule has 0 radical (unpaired) electrons. The van der Waals surface area contributed by atoms with Crippen molar-refractivity contribution >= 4 is 44.7 Å². The van der Waals surface area contributed by atoms with E-state index >= 15 is 0 Å². The van der Waals surface area contributed by atoms with Gasteiger partial charge in [-0.25, -0.2) is 14.6 Å². The Balaban J connectivity index is 1.43. The summed E-state index contributed by atoms with van der Waals surface area (Å²) in [5.74, 6) is -0.146. The number of halogens is 1. The van der Waals surface area contributed by atoms with Crippen molar-refractivity contribution in [2.75, 3.05) is 18.9 Å². The first kappa shape index (κ1) is 18.5. The quantitative estimate of drug-likeness (QED) is 0.523. The molecule has 142 valence electrons. The number of carbonyl (C=O) groups is 1. The number of benzene rings is 2. The Hall–Kier alpha value is -2.81. The highest BCUT2D eigenvalue weighted by Crippen LogP contribution is 2.24. The van der Waals surface area contributed by atoms with Crippen LogP contribution in [0, 0.1) is 0 Å². The number of amides is 1. The fraction of sp³-hybridized carbons (Fsp3) is 0.158. The van der Waals surface area contributed by atoms with Crippen molar-refractivity contribution in [1.82, 2.24) is 24.6 Å². The summed E-state index contributed by atoms with van der Waals surface area (Å²) >= 11 is 7.74. The number of fused-ring (bicyclic) bond motifs is 1. The molecule has 4 rings (SSSR count). The molecule has 0 aliphatic heterocycles. The molecule has 2 aromatic carbocycles. The minimum atomic E-state index is -0.146. The molecule has 0 unspecified atom stereocenters. The van der Waals surface area contributed by atoms with Crippen LogP contribution in [0.5, 0.6) is 0 Å². The largest absolute Gasteiger partial charge is 0.323 e. The second-order valence-electron chi connectivity index (χ2n) is 6.30. The van der Waals surface area contributed by atoms with Gasteiger partial charge in [-0.15, -0.1) is 11.3 Å². The lowest BCUT2D eigenvalue weighted by Gasteiger charge is -2.16. The van der Waals surface area contributed by atoms with Crippen LogP contribution in [0.1, 0.15) is 5.01 Å². The maximum Gasteiger partial charge on any atom is 0.238 e. The number of hydrogen-bond acceptors (Lipinski definition) is 6. The van der Waals surface area contributed by atoms with Crippen molar-refractivity contribution in [2.24, 2.45) is 0 Å². The molecule has 0 aliphatic rings. The van der Waals surface area contributed by atoms with Gasteiger partial charge in [-0.3, -0.25) is 9.69 Å². The monoisotopic (exact) mass is 412 g/mol. The van der Waals surface area contributed by atoms with E-state index in [2.05, 4.69) is 20.4 Å². The first-order chi connectivity index (χ1) is 13.6. The molecule has 0 saturated heterocycles. The summed E-state index contributed by atoms with van der Waals surface area (Å²) in [6, 6.07) is 13.2. The Bertz CT molecular complexity index is 1080. The molecule has 2 aromatic heterocycles. The minimum Gasteiger partial charge on any atom is -0.323 e. The summed E-state index contributed by atoms with van der Waals surface area (Å²) in [5.41, 5.74) is 2.26. The molecular weight excluding hydrogens is 396 g/mol. The van der Waals surface area contributed by atoms with Crippen LogP contribution >= 0.6 is 22.9 Å². The Morgan fingerprint density at radius 2 is 2.14 bits per heavy atom. The summed E-state index contributed by atoms with van der Waals surface area (Å²) in [4.78, 5) is 23.0. The SMILES string of the molecule is CN(CC(=O)Nc1cc(Cl)ccc1-n1cncn1)Cc1nc2ccccc2s1. The highest BCUT2D eigenvalue weighted by molar-refractivity contribution is 7.18. The Kier molecular flexibility index (Phi) is 5.34. The third kappa shape index (κ3) is 4.19. The van der Waals surface area contributed by atoms with Gasteiger partial charge in [0.15, 0.2) is 0 Å². The van der Waals surface area contributed by atoms with E-state index in [1.54, 1.807) is 40.5 Å². The van der Waals surface area contributed by atoms with Gasteiger partial charge >= 0.3 is 0 Å². The number of hydrogen-bond donors (Lipinski definition) is 1. The molecule has 4 aromatic rings. The van der Waals surface area contributed by atoms with E-state index in [9.17, 15) is 4.79 Å². The van der Waals surface area contributed by atoms with E-state index in [0.717, 1.165) is 15.2 Å². The number of anilines is 1. The number of thiazole rings is 1. The molecule has 2 heterocycles. The van der Waals surface area contributed by atoms with Gasteiger partial charge in [0.25, 0.3) is 0 Å². The third-order valence-electron chi connectivity index (χ3n) is 4.06. The van der Waals surface area contributed by atoms with Gasteiger partial charge in [-0.05, 0) is 37.4 Å². The fourth-order valence-electron chi connectivity index (χ4n) is 2.85. The van der Waals surface area contributed by atoms with Gasteiger partial charge in [0.2, 0.25) is 5.91 Å². The summed E-state index contributed by atoms with van der Waals surface area (Å²) in [6.07, 6.45) is 3.00. The van der Waals surface area contributed by atoms with Crippen molar-refractivity contribution in [2.45, 2.75) is 6.54 Å². The number of rotatable bonds is 6. The van der Waals surface area contributed by atoms with Crippen LogP contribution in [0.15, 0.2) is 55.1 Å². The predicted octanol–water partition coefficient (Wildman–Crippen LogP) is 3.60. The first-order valence-corrected chi connectivity index (χ1v) is 9.75. The standard InChI is InChI=1S/C19H17ClN6OS/c1-25(10-19-24-14-4-2-3-5-17(14)28-19)9-18(27)23-15-8-13(20)6-7-16(15)26-12-21-11-22-26/h2-8,11-12H,9-10H2,1H3,(H,23,27). The van der Waals surface area contributed by atoms with E-state index in [1.165, 1.54) is 6.33 Å². The average Bonchev–Trinajstić information content (AvgIpc) is 3.30. The normalized spacial score (nSPS) is 11.2. The number of carbonyl (C=O) groups excluding carboxylic acids is 1. The van der Waals surface area contributed by atoms with Crippen LogP contribution < -0.4 is 5.32 Å². The zero-order chi connectivity index (χ0) is 19.5. The maximum absolute atomic E-state index is 12.6. The van der Waals surface area contributed by atoms with E-state index in [1.807, 2.05) is 36.2 Å².